The predicted octanol–water partition coefficient (Wildman–Crippen LogP) is 11.5. The predicted molar refractivity (Wildman–Crippen MR) is 198 cm³/mol. The van der Waals surface area contributed by atoms with Crippen molar-refractivity contribution in [3.05, 3.63) is 188 Å². The summed E-state index contributed by atoms with van der Waals surface area (Å²) in [5.41, 5.74) is 12.1. The maximum Gasteiger partial charge on any atom is 0.164 e. The molecule has 0 amide bonds. The molecule has 7 aromatic carbocycles. The van der Waals surface area contributed by atoms with Crippen LogP contribution in [0.2, 0.25) is 0 Å². The van der Waals surface area contributed by atoms with Crippen molar-refractivity contribution in [3.8, 4) is 78.7 Å². The molecule has 3 nitrogen and oxygen atoms in total. The van der Waals surface area contributed by atoms with Gasteiger partial charge in [-0.1, -0.05) is 170 Å². The van der Waals surface area contributed by atoms with Crippen LogP contribution in [0.3, 0.4) is 0 Å². The highest BCUT2D eigenvalue weighted by Gasteiger charge is 2.16. The topological polar surface area (TPSA) is 38.7 Å². The molecular formula is C45H31N3. The molecule has 0 saturated heterocycles. The number of hydrogen-bond acceptors (Lipinski definition) is 3. The molecule has 48 heavy (non-hydrogen) atoms. The Morgan fingerprint density at radius 3 is 0.958 bits per heavy atom. The van der Waals surface area contributed by atoms with Crippen molar-refractivity contribution in [2.75, 3.05) is 0 Å². The van der Waals surface area contributed by atoms with Gasteiger partial charge >= 0.3 is 0 Å². The standard InChI is InChI=1S/C45H31N3/c1-5-15-32(16-6-1)38-29-39(33-17-7-2-8-18-33)31-40(30-38)34-25-27-35(28-26-34)41-23-13-14-24-42(41)45-47-43(36-19-9-3-10-20-36)46-44(48-45)37-21-11-4-12-22-37/h1-31H. The molecule has 0 fully saturated rings. The van der Waals surface area contributed by atoms with Gasteiger partial charge in [0.15, 0.2) is 17.5 Å². The van der Waals surface area contributed by atoms with Crippen molar-refractivity contribution in [1.82, 2.24) is 15.0 Å². The van der Waals surface area contributed by atoms with Crippen molar-refractivity contribution < 1.29 is 0 Å². The molecule has 8 rings (SSSR count). The zero-order chi connectivity index (χ0) is 32.1. The van der Waals surface area contributed by atoms with E-state index in [1.54, 1.807) is 0 Å². The zero-order valence-corrected chi connectivity index (χ0v) is 26.2. The average Bonchev–Trinajstić information content (AvgIpc) is 3.19. The van der Waals surface area contributed by atoms with Gasteiger partial charge in [-0.25, -0.2) is 15.0 Å². The Morgan fingerprint density at radius 1 is 0.208 bits per heavy atom. The summed E-state index contributed by atoms with van der Waals surface area (Å²) in [6, 6.07) is 65.4. The Hall–Kier alpha value is -6.45. The summed E-state index contributed by atoms with van der Waals surface area (Å²) in [6.45, 7) is 0. The maximum atomic E-state index is 5.01. The Balaban J connectivity index is 1.21. The van der Waals surface area contributed by atoms with Gasteiger partial charge in [-0.15, -0.1) is 0 Å². The first-order valence-corrected chi connectivity index (χ1v) is 16.1. The van der Waals surface area contributed by atoms with E-state index in [0.717, 1.165) is 33.4 Å². The number of nitrogens with zero attached hydrogens (tertiary/aromatic N) is 3. The summed E-state index contributed by atoms with van der Waals surface area (Å²) in [4.78, 5) is 14.9. The molecule has 0 radical (unpaired) electrons. The van der Waals surface area contributed by atoms with Gasteiger partial charge in [-0.2, -0.15) is 0 Å². The molecule has 0 aliphatic rings. The van der Waals surface area contributed by atoms with E-state index < -0.39 is 0 Å². The number of aromatic nitrogens is 3. The SMILES string of the molecule is c1ccc(-c2cc(-c3ccccc3)cc(-c3ccc(-c4ccccc4-c4nc(-c5ccccc5)nc(-c5ccccc5)n4)cc3)c2)cc1. The van der Waals surface area contributed by atoms with Crippen LogP contribution in [0.4, 0.5) is 0 Å². The molecule has 0 atom stereocenters. The second-order valence-corrected chi connectivity index (χ2v) is 11.7. The monoisotopic (exact) mass is 613 g/mol. The van der Waals surface area contributed by atoms with E-state index >= 15 is 0 Å². The van der Waals surface area contributed by atoms with E-state index in [-0.39, 0.29) is 0 Å². The first kappa shape index (κ1) is 29.0. The molecule has 0 aliphatic heterocycles. The van der Waals surface area contributed by atoms with Crippen LogP contribution in [-0.4, -0.2) is 15.0 Å². The van der Waals surface area contributed by atoms with Gasteiger partial charge in [0.2, 0.25) is 0 Å². The lowest BCUT2D eigenvalue weighted by Gasteiger charge is -2.13. The number of rotatable bonds is 7. The molecule has 226 valence electrons. The zero-order valence-electron chi connectivity index (χ0n) is 26.2. The number of hydrogen-bond donors (Lipinski definition) is 0. The van der Waals surface area contributed by atoms with Crippen molar-refractivity contribution in [3.63, 3.8) is 0 Å². The van der Waals surface area contributed by atoms with Gasteiger partial charge in [0.05, 0.1) is 0 Å². The molecule has 1 aromatic heterocycles. The van der Waals surface area contributed by atoms with Crippen LogP contribution in [-0.2, 0) is 0 Å². The lowest BCUT2D eigenvalue weighted by molar-refractivity contribution is 1.07. The van der Waals surface area contributed by atoms with E-state index in [4.69, 9.17) is 15.0 Å². The Labute approximate surface area is 280 Å². The second kappa shape index (κ2) is 13.1. The minimum atomic E-state index is 0.644. The smallest absolute Gasteiger partial charge is 0.164 e. The van der Waals surface area contributed by atoms with Gasteiger partial charge in [0.1, 0.15) is 0 Å². The molecule has 3 heteroatoms. The van der Waals surface area contributed by atoms with Crippen LogP contribution in [0.25, 0.3) is 78.7 Å². The Bertz CT molecular complexity index is 2180. The largest absolute Gasteiger partial charge is 0.208 e. The molecule has 8 aromatic rings. The van der Waals surface area contributed by atoms with E-state index in [2.05, 4.69) is 121 Å². The van der Waals surface area contributed by atoms with Crippen LogP contribution in [0.15, 0.2) is 188 Å². The fourth-order valence-corrected chi connectivity index (χ4v) is 6.09. The summed E-state index contributed by atoms with van der Waals surface area (Å²) >= 11 is 0. The fraction of sp³-hybridized carbons (Fsp3) is 0. The third-order valence-electron chi connectivity index (χ3n) is 8.54. The minimum absolute atomic E-state index is 0.644. The first-order valence-electron chi connectivity index (χ1n) is 16.1. The molecule has 0 saturated carbocycles. The van der Waals surface area contributed by atoms with E-state index in [1.165, 1.54) is 27.8 Å². The minimum Gasteiger partial charge on any atom is -0.208 e. The third kappa shape index (κ3) is 6.05. The van der Waals surface area contributed by atoms with Crippen LogP contribution in [0.1, 0.15) is 0 Å². The average molecular weight is 614 g/mol. The quantitative estimate of drug-likeness (QED) is 0.179. The van der Waals surface area contributed by atoms with E-state index in [0.29, 0.717) is 17.5 Å². The molecule has 0 aliphatic carbocycles. The highest BCUT2D eigenvalue weighted by Crippen LogP contribution is 2.36. The van der Waals surface area contributed by atoms with Crippen molar-refractivity contribution >= 4 is 0 Å². The van der Waals surface area contributed by atoms with Crippen molar-refractivity contribution in [1.29, 1.82) is 0 Å². The summed E-state index contributed by atoms with van der Waals surface area (Å²) < 4.78 is 0. The maximum absolute atomic E-state index is 5.01. The van der Waals surface area contributed by atoms with Gasteiger partial charge in [0, 0.05) is 16.7 Å². The van der Waals surface area contributed by atoms with Crippen LogP contribution < -0.4 is 0 Å². The number of benzene rings is 7. The molecule has 0 bridgehead atoms. The van der Waals surface area contributed by atoms with Gasteiger partial charge in [-0.3, -0.25) is 0 Å². The molecular weight excluding hydrogens is 583 g/mol. The van der Waals surface area contributed by atoms with E-state index in [9.17, 15) is 0 Å². The Morgan fingerprint density at radius 2 is 0.521 bits per heavy atom. The summed E-state index contributed by atoms with van der Waals surface area (Å²) in [5, 5.41) is 0. The Kier molecular flexibility index (Phi) is 7.92. The lowest BCUT2D eigenvalue weighted by Crippen LogP contribution is -2.01. The highest BCUT2D eigenvalue weighted by atomic mass is 15.0. The third-order valence-corrected chi connectivity index (χ3v) is 8.54. The van der Waals surface area contributed by atoms with Crippen molar-refractivity contribution in [2.24, 2.45) is 0 Å². The van der Waals surface area contributed by atoms with Gasteiger partial charge < -0.3 is 0 Å². The summed E-state index contributed by atoms with van der Waals surface area (Å²) in [5.74, 6) is 1.94. The molecule has 0 unspecified atom stereocenters. The fourth-order valence-electron chi connectivity index (χ4n) is 6.09. The van der Waals surface area contributed by atoms with Crippen LogP contribution in [0.5, 0.6) is 0 Å². The molecule has 0 N–H and O–H groups in total. The van der Waals surface area contributed by atoms with Gasteiger partial charge in [-0.05, 0) is 62.7 Å². The second-order valence-electron chi connectivity index (χ2n) is 11.7. The summed E-state index contributed by atoms with van der Waals surface area (Å²) in [6.07, 6.45) is 0. The van der Waals surface area contributed by atoms with Crippen LogP contribution >= 0.6 is 0 Å². The highest BCUT2D eigenvalue weighted by molar-refractivity contribution is 5.85. The molecule has 1 heterocycles. The van der Waals surface area contributed by atoms with Crippen molar-refractivity contribution in [2.45, 2.75) is 0 Å². The van der Waals surface area contributed by atoms with E-state index in [1.807, 2.05) is 66.7 Å². The van der Waals surface area contributed by atoms with Crippen LogP contribution in [0, 0.1) is 0 Å². The molecule has 0 spiro atoms. The lowest BCUT2D eigenvalue weighted by atomic mass is 9.92. The first-order chi connectivity index (χ1) is 23.8. The normalized spacial score (nSPS) is 10.9. The van der Waals surface area contributed by atoms with Gasteiger partial charge in [0.25, 0.3) is 0 Å². The summed E-state index contributed by atoms with van der Waals surface area (Å²) in [7, 11) is 0.